The zero-order chi connectivity index (χ0) is 15.4. The molecule has 2 aromatic rings. The number of rotatable bonds is 4. The van der Waals surface area contributed by atoms with Crippen LogP contribution in [0.2, 0.25) is 5.02 Å². The van der Waals surface area contributed by atoms with Crippen LogP contribution >= 0.6 is 27.5 Å². The van der Waals surface area contributed by atoms with E-state index in [1.165, 1.54) is 12.1 Å². The predicted octanol–water partition coefficient (Wildman–Crippen LogP) is 3.98. The van der Waals surface area contributed by atoms with Crippen LogP contribution in [0.15, 0.2) is 46.9 Å². The Morgan fingerprint density at radius 2 is 1.90 bits per heavy atom. The summed E-state index contributed by atoms with van der Waals surface area (Å²) in [5, 5.41) is 12.2. The molecule has 0 bridgehead atoms. The first-order valence-electron chi connectivity index (χ1n) is 6.03. The van der Waals surface area contributed by atoms with Crippen LogP contribution in [0.4, 0.5) is 5.69 Å². The second kappa shape index (κ2) is 6.74. The number of anilines is 1. The van der Waals surface area contributed by atoms with Gasteiger partial charge in [0.1, 0.15) is 0 Å². The van der Waals surface area contributed by atoms with Gasteiger partial charge < -0.3 is 10.4 Å². The van der Waals surface area contributed by atoms with Gasteiger partial charge in [-0.25, -0.2) is 4.79 Å². The average Bonchev–Trinajstić information content (AvgIpc) is 2.43. The summed E-state index contributed by atoms with van der Waals surface area (Å²) >= 11 is 9.19. The largest absolute Gasteiger partial charge is 0.478 e. The van der Waals surface area contributed by atoms with E-state index in [-0.39, 0.29) is 23.6 Å². The van der Waals surface area contributed by atoms with Crippen molar-refractivity contribution in [2.24, 2.45) is 0 Å². The summed E-state index contributed by atoms with van der Waals surface area (Å²) in [4.78, 5) is 23.2. The molecule has 0 spiro atoms. The number of hydrogen-bond acceptors (Lipinski definition) is 2. The van der Waals surface area contributed by atoms with Crippen LogP contribution in [0.1, 0.15) is 15.9 Å². The van der Waals surface area contributed by atoms with Crippen molar-refractivity contribution in [3.05, 3.63) is 63.1 Å². The summed E-state index contributed by atoms with van der Waals surface area (Å²) in [5.41, 5.74) is 0.963. The van der Waals surface area contributed by atoms with Crippen LogP contribution < -0.4 is 5.32 Å². The number of benzene rings is 2. The van der Waals surface area contributed by atoms with E-state index >= 15 is 0 Å². The molecule has 0 atom stereocenters. The fourth-order valence-corrected chi connectivity index (χ4v) is 2.38. The highest BCUT2D eigenvalue weighted by Crippen LogP contribution is 2.22. The summed E-state index contributed by atoms with van der Waals surface area (Å²) in [6.45, 7) is 0. The van der Waals surface area contributed by atoms with E-state index in [4.69, 9.17) is 16.7 Å². The smallest absolute Gasteiger partial charge is 0.337 e. The number of hydrogen-bond donors (Lipinski definition) is 2. The van der Waals surface area contributed by atoms with E-state index in [0.29, 0.717) is 15.1 Å². The standard InChI is InChI=1S/C15H11BrClNO3/c16-10-5-6-13(11(8-10)15(20)21)18-14(19)7-9-3-1-2-4-12(9)17/h1-6,8H,7H2,(H,18,19)(H,20,21). The number of aromatic carboxylic acids is 1. The molecule has 0 aliphatic carbocycles. The molecule has 21 heavy (non-hydrogen) atoms. The molecule has 2 rings (SSSR count). The molecule has 2 N–H and O–H groups in total. The molecule has 2 aromatic carbocycles. The molecule has 0 radical (unpaired) electrons. The normalized spacial score (nSPS) is 10.2. The minimum Gasteiger partial charge on any atom is -0.478 e. The molecule has 0 unspecified atom stereocenters. The predicted molar refractivity (Wildman–Crippen MR) is 84.9 cm³/mol. The monoisotopic (exact) mass is 367 g/mol. The van der Waals surface area contributed by atoms with Crippen LogP contribution in [0.3, 0.4) is 0 Å². The molecule has 1 amide bonds. The maximum absolute atomic E-state index is 12.0. The third kappa shape index (κ3) is 4.06. The van der Waals surface area contributed by atoms with Crippen molar-refractivity contribution < 1.29 is 14.7 Å². The lowest BCUT2D eigenvalue weighted by molar-refractivity contribution is -0.115. The maximum Gasteiger partial charge on any atom is 0.337 e. The number of carbonyl (C=O) groups excluding carboxylic acids is 1. The molecular weight excluding hydrogens is 358 g/mol. The zero-order valence-corrected chi connectivity index (χ0v) is 13.1. The van der Waals surface area contributed by atoms with Gasteiger partial charge >= 0.3 is 5.97 Å². The van der Waals surface area contributed by atoms with Crippen LogP contribution in [0, 0.1) is 0 Å². The molecule has 0 saturated heterocycles. The summed E-state index contributed by atoms with van der Waals surface area (Å²) in [6, 6.07) is 11.7. The molecule has 4 nitrogen and oxygen atoms in total. The highest BCUT2D eigenvalue weighted by atomic mass is 79.9. The molecule has 0 aliphatic heterocycles. The Kier molecular flexibility index (Phi) is 4.98. The topological polar surface area (TPSA) is 66.4 Å². The van der Waals surface area contributed by atoms with Crippen LogP contribution in [-0.2, 0) is 11.2 Å². The van der Waals surface area contributed by atoms with E-state index in [0.717, 1.165) is 0 Å². The summed E-state index contributed by atoms with van der Waals surface area (Å²) in [6.07, 6.45) is 0.0782. The Morgan fingerprint density at radius 3 is 2.57 bits per heavy atom. The Balaban J connectivity index is 2.17. The summed E-state index contributed by atoms with van der Waals surface area (Å²) < 4.78 is 0.629. The average molecular weight is 369 g/mol. The lowest BCUT2D eigenvalue weighted by Gasteiger charge is -2.09. The van der Waals surface area contributed by atoms with E-state index in [9.17, 15) is 9.59 Å². The minimum absolute atomic E-state index is 0.0249. The van der Waals surface area contributed by atoms with Crippen LogP contribution in [0.25, 0.3) is 0 Å². The minimum atomic E-state index is -1.11. The molecule has 0 aliphatic rings. The van der Waals surface area contributed by atoms with Gasteiger partial charge in [-0.3, -0.25) is 4.79 Å². The fraction of sp³-hybridized carbons (Fsp3) is 0.0667. The van der Waals surface area contributed by atoms with Crippen molar-refractivity contribution in [2.45, 2.75) is 6.42 Å². The number of nitrogens with one attached hydrogen (secondary N) is 1. The summed E-state index contributed by atoms with van der Waals surface area (Å²) in [5.74, 6) is -1.43. The fourth-order valence-electron chi connectivity index (χ4n) is 1.81. The first-order valence-corrected chi connectivity index (χ1v) is 7.20. The molecule has 6 heteroatoms. The van der Waals surface area contributed by atoms with Crippen molar-refractivity contribution in [3.63, 3.8) is 0 Å². The second-order valence-corrected chi connectivity index (χ2v) is 5.63. The van der Waals surface area contributed by atoms with Gasteiger partial charge in [-0.15, -0.1) is 0 Å². The SMILES string of the molecule is O=C(Cc1ccccc1Cl)Nc1ccc(Br)cc1C(=O)O. The van der Waals surface area contributed by atoms with Crippen LogP contribution in [-0.4, -0.2) is 17.0 Å². The third-order valence-electron chi connectivity index (χ3n) is 2.79. The maximum atomic E-state index is 12.0. The van der Waals surface area contributed by atoms with Crippen molar-refractivity contribution in [3.8, 4) is 0 Å². The van der Waals surface area contributed by atoms with E-state index in [1.54, 1.807) is 30.3 Å². The van der Waals surface area contributed by atoms with Gasteiger partial charge in [-0.1, -0.05) is 45.7 Å². The van der Waals surface area contributed by atoms with Crippen molar-refractivity contribution in [1.29, 1.82) is 0 Å². The molecule has 0 fully saturated rings. The number of carboxylic acid groups (broad SMARTS) is 1. The molecule has 0 saturated carbocycles. The Bertz CT molecular complexity index is 703. The Morgan fingerprint density at radius 1 is 1.19 bits per heavy atom. The van der Waals surface area contributed by atoms with Crippen molar-refractivity contribution >= 4 is 45.1 Å². The zero-order valence-electron chi connectivity index (χ0n) is 10.8. The van der Waals surface area contributed by atoms with Crippen molar-refractivity contribution in [2.75, 3.05) is 5.32 Å². The van der Waals surface area contributed by atoms with Crippen LogP contribution in [0.5, 0.6) is 0 Å². The first kappa shape index (κ1) is 15.5. The van der Waals surface area contributed by atoms with Gasteiger partial charge in [0.15, 0.2) is 0 Å². The number of carboxylic acids is 1. The van der Waals surface area contributed by atoms with E-state index < -0.39 is 5.97 Å². The molecular formula is C15H11BrClNO3. The molecule has 0 heterocycles. The van der Waals surface area contributed by atoms with E-state index in [1.807, 2.05) is 0 Å². The van der Waals surface area contributed by atoms with Gasteiger partial charge in [0.05, 0.1) is 17.7 Å². The number of halogens is 2. The summed E-state index contributed by atoms with van der Waals surface area (Å²) in [7, 11) is 0. The number of amides is 1. The third-order valence-corrected chi connectivity index (χ3v) is 3.66. The number of carbonyl (C=O) groups is 2. The lowest BCUT2D eigenvalue weighted by atomic mass is 10.1. The first-order chi connectivity index (χ1) is 9.97. The van der Waals surface area contributed by atoms with Gasteiger partial charge in [-0.05, 0) is 29.8 Å². The lowest BCUT2D eigenvalue weighted by Crippen LogP contribution is -2.17. The highest BCUT2D eigenvalue weighted by Gasteiger charge is 2.14. The Hall–Kier alpha value is -1.85. The Labute approximate surface area is 134 Å². The van der Waals surface area contributed by atoms with Crippen molar-refractivity contribution in [1.82, 2.24) is 0 Å². The highest BCUT2D eigenvalue weighted by molar-refractivity contribution is 9.10. The molecule has 0 aromatic heterocycles. The van der Waals surface area contributed by atoms with Gasteiger partial charge in [0.25, 0.3) is 0 Å². The van der Waals surface area contributed by atoms with Gasteiger partial charge in [0, 0.05) is 9.50 Å². The van der Waals surface area contributed by atoms with E-state index in [2.05, 4.69) is 21.2 Å². The van der Waals surface area contributed by atoms with Gasteiger partial charge in [-0.2, -0.15) is 0 Å². The second-order valence-electron chi connectivity index (χ2n) is 4.31. The molecule has 108 valence electrons. The van der Waals surface area contributed by atoms with Gasteiger partial charge in [0.2, 0.25) is 5.91 Å². The quantitative estimate of drug-likeness (QED) is 0.858.